The van der Waals surface area contributed by atoms with Gasteiger partial charge in [-0.1, -0.05) is 12.1 Å². The van der Waals surface area contributed by atoms with Crippen molar-refractivity contribution in [3.63, 3.8) is 0 Å². The second kappa shape index (κ2) is 10.6. The lowest BCUT2D eigenvalue weighted by molar-refractivity contribution is -0.136. The van der Waals surface area contributed by atoms with E-state index in [2.05, 4.69) is 16.0 Å². The van der Waals surface area contributed by atoms with Gasteiger partial charge < -0.3 is 25.4 Å². The molecule has 1 saturated carbocycles. The molecule has 10 nitrogen and oxygen atoms in total. The van der Waals surface area contributed by atoms with Gasteiger partial charge in [0, 0.05) is 37.4 Å². The molecule has 5 amide bonds. The number of fused-ring (bicyclic) bond motifs is 1. The van der Waals surface area contributed by atoms with Crippen LogP contribution in [0.5, 0.6) is 5.75 Å². The van der Waals surface area contributed by atoms with E-state index in [1.807, 2.05) is 18.2 Å². The molecular formula is C27H30N4O6. The van der Waals surface area contributed by atoms with E-state index >= 15 is 0 Å². The molecule has 1 saturated heterocycles. The molecule has 37 heavy (non-hydrogen) atoms. The minimum atomic E-state index is -0.655. The minimum Gasteiger partial charge on any atom is -0.490 e. The van der Waals surface area contributed by atoms with Crippen LogP contribution in [0.3, 0.4) is 0 Å². The number of aliphatic hydroxyl groups excluding tert-OH is 1. The Morgan fingerprint density at radius 3 is 2.62 bits per heavy atom. The van der Waals surface area contributed by atoms with Crippen molar-refractivity contribution in [3.8, 4) is 5.75 Å². The van der Waals surface area contributed by atoms with Gasteiger partial charge >= 0.3 is 6.03 Å². The number of hydrogen-bond donors (Lipinski definition) is 4. The number of rotatable bonds is 7. The normalized spacial score (nSPS) is 23.0. The number of imide groups is 1. The predicted molar refractivity (Wildman–Crippen MR) is 134 cm³/mol. The van der Waals surface area contributed by atoms with Crippen molar-refractivity contribution < 1.29 is 29.0 Å². The number of nitrogens with zero attached hydrogens (tertiary/aromatic N) is 1. The Bertz CT molecular complexity index is 1210. The number of ether oxygens (including phenoxy) is 1. The molecule has 194 valence electrons. The fourth-order valence-electron chi connectivity index (χ4n) is 5.21. The average molecular weight is 507 g/mol. The molecule has 0 spiro atoms. The molecule has 2 fully saturated rings. The van der Waals surface area contributed by atoms with Crippen LogP contribution in [0, 0.1) is 5.92 Å². The zero-order valence-electron chi connectivity index (χ0n) is 20.4. The number of carbonyl (C=O) groups is 4. The van der Waals surface area contributed by atoms with Crippen LogP contribution in [0.15, 0.2) is 42.5 Å². The molecule has 0 aromatic heterocycles. The SMILES string of the molecule is O=C1CCC(N2Cc3cc(CNC(=O)Nc4ccc(O[C@@H]5CC[C@@H](CO)C5)cc4)ccc3C2=O)C(=O)N1. The van der Waals surface area contributed by atoms with Gasteiger partial charge in [-0.3, -0.25) is 19.7 Å². The van der Waals surface area contributed by atoms with Gasteiger partial charge in [0.15, 0.2) is 0 Å². The third-order valence-corrected chi connectivity index (χ3v) is 7.21. The first-order valence-corrected chi connectivity index (χ1v) is 12.6. The minimum absolute atomic E-state index is 0.109. The van der Waals surface area contributed by atoms with Gasteiger partial charge in [-0.05, 0) is 73.1 Å². The van der Waals surface area contributed by atoms with Crippen molar-refractivity contribution in [2.45, 2.75) is 57.3 Å². The number of benzene rings is 2. The summed E-state index contributed by atoms with van der Waals surface area (Å²) in [6, 6.07) is 11.5. The Morgan fingerprint density at radius 2 is 1.89 bits per heavy atom. The molecule has 0 radical (unpaired) electrons. The van der Waals surface area contributed by atoms with Gasteiger partial charge in [0.05, 0.1) is 6.10 Å². The number of piperidine rings is 1. The summed E-state index contributed by atoms with van der Waals surface area (Å²) in [5.41, 5.74) is 2.78. The van der Waals surface area contributed by atoms with Crippen LogP contribution in [0.25, 0.3) is 0 Å². The van der Waals surface area contributed by atoms with Crippen molar-refractivity contribution in [2.75, 3.05) is 11.9 Å². The van der Waals surface area contributed by atoms with E-state index in [1.165, 1.54) is 4.90 Å². The maximum atomic E-state index is 12.8. The van der Waals surface area contributed by atoms with Crippen LogP contribution in [-0.2, 0) is 22.7 Å². The van der Waals surface area contributed by atoms with Gasteiger partial charge in [-0.25, -0.2) is 4.79 Å². The highest BCUT2D eigenvalue weighted by molar-refractivity contribution is 6.05. The highest BCUT2D eigenvalue weighted by Crippen LogP contribution is 2.30. The van der Waals surface area contributed by atoms with Crippen LogP contribution in [-0.4, -0.2) is 52.5 Å². The highest BCUT2D eigenvalue weighted by atomic mass is 16.5. The largest absolute Gasteiger partial charge is 0.490 e. The smallest absolute Gasteiger partial charge is 0.319 e. The van der Waals surface area contributed by atoms with E-state index in [1.54, 1.807) is 24.3 Å². The fraction of sp³-hybridized carbons (Fsp3) is 0.407. The average Bonchev–Trinajstić information content (AvgIpc) is 3.47. The monoisotopic (exact) mass is 506 g/mol. The summed E-state index contributed by atoms with van der Waals surface area (Å²) in [4.78, 5) is 50.4. The van der Waals surface area contributed by atoms with Crippen LogP contribution < -0.4 is 20.7 Å². The molecule has 0 bridgehead atoms. The number of aliphatic hydroxyl groups is 1. The number of hydrogen-bond acceptors (Lipinski definition) is 6. The molecule has 2 aromatic rings. The first-order valence-electron chi connectivity index (χ1n) is 12.6. The number of anilines is 1. The summed E-state index contributed by atoms with van der Waals surface area (Å²) in [6.07, 6.45) is 3.39. The fourth-order valence-corrected chi connectivity index (χ4v) is 5.21. The lowest BCUT2D eigenvalue weighted by Crippen LogP contribution is -2.52. The third kappa shape index (κ3) is 5.59. The molecule has 1 unspecified atom stereocenters. The van der Waals surface area contributed by atoms with Crippen molar-refractivity contribution in [1.82, 2.24) is 15.5 Å². The van der Waals surface area contributed by atoms with E-state index < -0.39 is 11.9 Å². The quantitative estimate of drug-likeness (QED) is 0.426. The Labute approximate surface area is 214 Å². The second-order valence-corrected chi connectivity index (χ2v) is 9.83. The molecule has 4 N–H and O–H groups in total. The molecular weight excluding hydrogens is 476 g/mol. The van der Waals surface area contributed by atoms with E-state index in [0.29, 0.717) is 23.6 Å². The number of amides is 5. The van der Waals surface area contributed by atoms with E-state index in [0.717, 1.165) is 36.1 Å². The Morgan fingerprint density at radius 1 is 1.08 bits per heavy atom. The Hall–Kier alpha value is -3.92. The van der Waals surface area contributed by atoms with E-state index in [-0.39, 0.29) is 50.1 Å². The molecule has 2 heterocycles. The van der Waals surface area contributed by atoms with Crippen molar-refractivity contribution in [3.05, 3.63) is 59.2 Å². The lowest BCUT2D eigenvalue weighted by Gasteiger charge is -2.29. The summed E-state index contributed by atoms with van der Waals surface area (Å²) in [6.45, 7) is 0.749. The molecule has 10 heteroatoms. The van der Waals surface area contributed by atoms with Crippen LogP contribution in [0.4, 0.5) is 10.5 Å². The van der Waals surface area contributed by atoms with Gasteiger partial charge in [-0.2, -0.15) is 0 Å². The first-order chi connectivity index (χ1) is 17.9. The molecule has 2 aliphatic heterocycles. The zero-order valence-corrected chi connectivity index (χ0v) is 20.4. The maximum Gasteiger partial charge on any atom is 0.319 e. The third-order valence-electron chi connectivity index (χ3n) is 7.21. The predicted octanol–water partition coefficient (Wildman–Crippen LogP) is 2.31. The number of carbonyl (C=O) groups excluding carboxylic acids is 4. The molecule has 5 rings (SSSR count). The lowest BCUT2D eigenvalue weighted by atomic mass is 10.0. The van der Waals surface area contributed by atoms with Crippen LogP contribution in [0.1, 0.15) is 53.6 Å². The van der Waals surface area contributed by atoms with E-state index in [4.69, 9.17) is 4.74 Å². The second-order valence-electron chi connectivity index (χ2n) is 9.83. The summed E-state index contributed by atoms with van der Waals surface area (Å²) in [7, 11) is 0. The number of urea groups is 1. The Balaban J connectivity index is 1.11. The van der Waals surface area contributed by atoms with Crippen LogP contribution >= 0.6 is 0 Å². The molecule has 1 aliphatic carbocycles. The number of nitrogens with one attached hydrogen (secondary N) is 3. The van der Waals surface area contributed by atoms with Gasteiger partial charge in [-0.15, -0.1) is 0 Å². The standard InChI is InChI=1S/C27H30N4O6/c32-15-17-1-5-21(12-17)37-20-6-3-19(4-7-20)29-27(36)28-13-16-2-8-22-18(11-16)14-31(26(22)35)23-9-10-24(33)30-25(23)34/h2-4,6-8,11,17,21,23,32H,1,5,9-10,12-15H2,(H2,28,29,36)(H,30,33,34)/t17-,21-,23?/m1/s1. The topological polar surface area (TPSA) is 137 Å². The summed E-state index contributed by atoms with van der Waals surface area (Å²) < 4.78 is 5.97. The maximum absolute atomic E-state index is 12.8. The molecule has 3 aliphatic rings. The van der Waals surface area contributed by atoms with Crippen molar-refractivity contribution >= 4 is 29.4 Å². The van der Waals surface area contributed by atoms with Gasteiger partial charge in [0.2, 0.25) is 11.8 Å². The molecule has 2 aromatic carbocycles. The van der Waals surface area contributed by atoms with Crippen molar-refractivity contribution in [1.29, 1.82) is 0 Å². The highest BCUT2D eigenvalue weighted by Gasteiger charge is 2.39. The summed E-state index contributed by atoms with van der Waals surface area (Å²) >= 11 is 0. The summed E-state index contributed by atoms with van der Waals surface area (Å²) in [5.74, 6) is 0.0562. The van der Waals surface area contributed by atoms with Gasteiger partial charge in [0.1, 0.15) is 11.8 Å². The Kier molecular flexibility index (Phi) is 7.09. The van der Waals surface area contributed by atoms with E-state index in [9.17, 15) is 24.3 Å². The van der Waals surface area contributed by atoms with Crippen molar-refractivity contribution in [2.24, 2.45) is 5.92 Å². The first kappa shape index (κ1) is 24.8. The van der Waals surface area contributed by atoms with Gasteiger partial charge in [0.25, 0.3) is 5.91 Å². The zero-order chi connectivity index (χ0) is 25.9. The summed E-state index contributed by atoms with van der Waals surface area (Å²) in [5, 5.41) is 17.2. The van der Waals surface area contributed by atoms with Crippen LogP contribution in [0.2, 0.25) is 0 Å². The molecule has 3 atom stereocenters.